The molecule has 0 aromatic heterocycles. The van der Waals surface area contributed by atoms with E-state index in [1.165, 1.54) is 37.3 Å². The van der Waals surface area contributed by atoms with Gasteiger partial charge >= 0.3 is 5.97 Å². The molecule has 1 heterocycles. The molecule has 0 saturated heterocycles. The lowest BCUT2D eigenvalue weighted by molar-refractivity contribution is -0.114. The summed E-state index contributed by atoms with van der Waals surface area (Å²) in [7, 11) is 0. The van der Waals surface area contributed by atoms with Crippen molar-refractivity contribution in [3.63, 3.8) is 0 Å². The molecular formula is C17H11ClN2O5. The number of nitrogens with zero attached hydrogens (tertiary/aromatic N) is 1. The lowest BCUT2D eigenvalue weighted by Crippen LogP contribution is -2.32. The number of nitrogens with one attached hydrogen (secondary N) is 1. The molecule has 8 heteroatoms. The number of hydrogen-bond donors (Lipinski definition) is 1. The van der Waals surface area contributed by atoms with Crippen LogP contribution in [0, 0.1) is 0 Å². The van der Waals surface area contributed by atoms with Crippen LogP contribution < -0.4 is 5.32 Å². The van der Waals surface area contributed by atoms with E-state index in [4.69, 9.17) is 16.4 Å². The minimum atomic E-state index is -0.925. The van der Waals surface area contributed by atoms with E-state index in [0.717, 1.165) is 0 Å². The Morgan fingerprint density at radius 1 is 1.04 bits per heavy atom. The number of amides is 3. The third-order valence-corrected chi connectivity index (χ3v) is 3.76. The summed E-state index contributed by atoms with van der Waals surface area (Å²) in [5.41, 5.74) is 0.681. The normalized spacial score (nSPS) is 12.8. The standard InChI is InChI=1S/C17H11ClN2O5/c1-9(21)19-14-7-6-10(8-13(14)18)17(24)25-20-15(22)11-4-2-3-5-12(11)16(20)23/h2-8H,1H3,(H,19,21). The summed E-state index contributed by atoms with van der Waals surface area (Å²) in [6, 6.07) is 10.2. The van der Waals surface area contributed by atoms with Gasteiger partial charge in [0.15, 0.2) is 0 Å². The number of rotatable bonds is 3. The second kappa shape index (κ2) is 6.37. The van der Waals surface area contributed by atoms with E-state index in [0.29, 0.717) is 10.8 Å². The van der Waals surface area contributed by atoms with Crippen LogP contribution in [-0.4, -0.2) is 28.8 Å². The third kappa shape index (κ3) is 3.09. The molecule has 0 radical (unpaired) electrons. The summed E-state index contributed by atoms with van der Waals surface area (Å²) < 4.78 is 0. The van der Waals surface area contributed by atoms with Crippen molar-refractivity contribution < 1.29 is 24.0 Å². The molecule has 0 unspecified atom stereocenters. The predicted molar refractivity (Wildman–Crippen MR) is 88.1 cm³/mol. The number of carbonyl (C=O) groups excluding carboxylic acids is 4. The first-order valence-corrected chi connectivity index (χ1v) is 7.53. The summed E-state index contributed by atoms with van der Waals surface area (Å²) in [6.45, 7) is 1.32. The SMILES string of the molecule is CC(=O)Nc1ccc(C(=O)ON2C(=O)c3ccccc3C2=O)cc1Cl. The summed E-state index contributed by atoms with van der Waals surface area (Å²) >= 11 is 5.99. The monoisotopic (exact) mass is 358 g/mol. The Kier molecular flexibility index (Phi) is 4.24. The molecule has 1 aliphatic rings. The summed E-state index contributed by atoms with van der Waals surface area (Å²) in [4.78, 5) is 52.5. The quantitative estimate of drug-likeness (QED) is 0.851. The van der Waals surface area contributed by atoms with E-state index in [-0.39, 0.29) is 27.6 Å². The molecule has 0 spiro atoms. The highest BCUT2D eigenvalue weighted by molar-refractivity contribution is 6.34. The van der Waals surface area contributed by atoms with Crippen LogP contribution >= 0.6 is 11.6 Å². The first kappa shape index (κ1) is 16.7. The Hall–Kier alpha value is -3.19. The van der Waals surface area contributed by atoms with Gasteiger partial charge in [0.2, 0.25) is 5.91 Å². The highest BCUT2D eigenvalue weighted by Gasteiger charge is 2.38. The minimum Gasteiger partial charge on any atom is -0.325 e. The van der Waals surface area contributed by atoms with Gasteiger partial charge in [0.25, 0.3) is 11.8 Å². The van der Waals surface area contributed by atoms with E-state index in [9.17, 15) is 19.2 Å². The average Bonchev–Trinajstić information content (AvgIpc) is 2.82. The van der Waals surface area contributed by atoms with Crippen LogP contribution in [0.3, 0.4) is 0 Å². The van der Waals surface area contributed by atoms with Crippen LogP contribution in [0.5, 0.6) is 0 Å². The average molecular weight is 359 g/mol. The van der Waals surface area contributed by atoms with Crippen molar-refractivity contribution in [2.75, 3.05) is 5.32 Å². The molecule has 3 rings (SSSR count). The van der Waals surface area contributed by atoms with Gasteiger partial charge in [-0.25, -0.2) is 4.79 Å². The first-order valence-electron chi connectivity index (χ1n) is 7.15. The third-order valence-electron chi connectivity index (χ3n) is 3.45. The van der Waals surface area contributed by atoms with Crippen LogP contribution in [-0.2, 0) is 9.63 Å². The zero-order chi connectivity index (χ0) is 18.1. The first-order chi connectivity index (χ1) is 11.9. The zero-order valence-electron chi connectivity index (χ0n) is 12.9. The molecule has 1 N–H and O–H groups in total. The van der Waals surface area contributed by atoms with Crippen LogP contribution in [0.1, 0.15) is 38.0 Å². The number of hydrogen-bond acceptors (Lipinski definition) is 5. The van der Waals surface area contributed by atoms with Gasteiger partial charge in [0, 0.05) is 6.92 Å². The predicted octanol–water partition coefficient (Wildman–Crippen LogP) is 2.67. The number of benzene rings is 2. The molecule has 25 heavy (non-hydrogen) atoms. The number of fused-ring (bicyclic) bond motifs is 1. The van der Waals surface area contributed by atoms with Crippen LogP contribution in [0.15, 0.2) is 42.5 Å². The lowest BCUT2D eigenvalue weighted by Gasteiger charge is -2.13. The molecule has 0 fully saturated rings. The number of imide groups is 1. The summed E-state index contributed by atoms with van der Waals surface area (Å²) in [5, 5.41) is 3.03. The molecule has 2 aromatic rings. The van der Waals surface area contributed by atoms with Gasteiger partial charge in [-0.2, -0.15) is 0 Å². The Labute approximate surface area is 147 Å². The molecule has 126 valence electrons. The van der Waals surface area contributed by atoms with Crippen molar-refractivity contribution in [3.05, 3.63) is 64.2 Å². The van der Waals surface area contributed by atoms with Gasteiger partial charge in [-0.05, 0) is 30.3 Å². The molecule has 0 bridgehead atoms. The highest BCUT2D eigenvalue weighted by atomic mass is 35.5. The number of carbonyl (C=O) groups is 4. The van der Waals surface area contributed by atoms with E-state index in [1.807, 2.05) is 0 Å². The molecular weight excluding hydrogens is 348 g/mol. The second-order valence-corrected chi connectivity index (χ2v) is 5.61. The highest BCUT2D eigenvalue weighted by Crippen LogP contribution is 2.26. The lowest BCUT2D eigenvalue weighted by atomic mass is 10.1. The smallest absolute Gasteiger partial charge is 0.325 e. The van der Waals surface area contributed by atoms with Crippen LogP contribution in [0.2, 0.25) is 5.02 Å². The Balaban J connectivity index is 1.80. The van der Waals surface area contributed by atoms with E-state index >= 15 is 0 Å². The number of hydroxylamine groups is 2. The van der Waals surface area contributed by atoms with Crippen molar-refractivity contribution in [2.45, 2.75) is 6.92 Å². The molecule has 0 aliphatic carbocycles. The van der Waals surface area contributed by atoms with Crippen molar-refractivity contribution >= 4 is 41.0 Å². The van der Waals surface area contributed by atoms with Crippen LogP contribution in [0.4, 0.5) is 5.69 Å². The van der Waals surface area contributed by atoms with Crippen molar-refractivity contribution in [3.8, 4) is 0 Å². The molecule has 0 atom stereocenters. The Morgan fingerprint density at radius 2 is 1.64 bits per heavy atom. The topological polar surface area (TPSA) is 92.8 Å². The molecule has 3 amide bonds. The van der Waals surface area contributed by atoms with E-state index < -0.39 is 17.8 Å². The van der Waals surface area contributed by atoms with Gasteiger partial charge in [0.05, 0.1) is 27.4 Å². The fourth-order valence-corrected chi connectivity index (χ4v) is 2.55. The Bertz CT molecular complexity index is 890. The van der Waals surface area contributed by atoms with Gasteiger partial charge in [-0.3, -0.25) is 14.4 Å². The van der Waals surface area contributed by atoms with Crippen molar-refractivity contribution in [1.29, 1.82) is 0 Å². The van der Waals surface area contributed by atoms with Crippen molar-refractivity contribution in [1.82, 2.24) is 5.06 Å². The summed E-state index contributed by atoms with van der Waals surface area (Å²) in [6.07, 6.45) is 0. The fraction of sp³-hybridized carbons (Fsp3) is 0.0588. The fourth-order valence-electron chi connectivity index (χ4n) is 2.32. The Morgan fingerprint density at radius 3 is 2.16 bits per heavy atom. The molecule has 2 aromatic carbocycles. The van der Waals surface area contributed by atoms with Gasteiger partial charge in [0.1, 0.15) is 0 Å². The molecule has 0 saturated carbocycles. The number of halogens is 1. The zero-order valence-corrected chi connectivity index (χ0v) is 13.7. The van der Waals surface area contributed by atoms with Gasteiger partial charge < -0.3 is 10.2 Å². The molecule has 7 nitrogen and oxygen atoms in total. The maximum Gasteiger partial charge on any atom is 0.364 e. The van der Waals surface area contributed by atoms with Crippen molar-refractivity contribution in [2.24, 2.45) is 0 Å². The maximum absolute atomic E-state index is 12.2. The van der Waals surface area contributed by atoms with Gasteiger partial charge in [-0.15, -0.1) is 0 Å². The van der Waals surface area contributed by atoms with Crippen LogP contribution in [0.25, 0.3) is 0 Å². The largest absolute Gasteiger partial charge is 0.364 e. The molecule has 1 aliphatic heterocycles. The second-order valence-electron chi connectivity index (χ2n) is 5.20. The van der Waals surface area contributed by atoms with E-state index in [1.54, 1.807) is 12.1 Å². The van der Waals surface area contributed by atoms with E-state index in [2.05, 4.69) is 5.32 Å². The van der Waals surface area contributed by atoms with Gasteiger partial charge in [-0.1, -0.05) is 28.8 Å². The summed E-state index contributed by atoms with van der Waals surface area (Å²) in [5.74, 6) is -2.67. The minimum absolute atomic E-state index is 0.0238. The maximum atomic E-state index is 12.2. The number of anilines is 1.